The zero-order valence-corrected chi connectivity index (χ0v) is 13.2. The summed E-state index contributed by atoms with van der Waals surface area (Å²) in [6.07, 6.45) is 5.97. The summed E-state index contributed by atoms with van der Waals surface area (Å²) in [5, 5.41) is 13.5. The van der Waals surface area contributed by atoms with Crippen molar-refractivity contribution >= 4 is 10.8 Å². The van der Waals surface area contributed by atoms with Crippen LogP contribution in [0.5, 0.6) is 5.75 Å². The second-order valence-corrected chi connectivity index (χ2v) is 6.11. The summed E-state index contributed by atoms with van der Waals surface area (Å²) < 4.78 is 5.75. The third-order valence-corrected chi connectivity index (χ3v) is 4.85. The number of aryl methyl sites for hydroxylation is 1. The van der Waals surface area contributed by atoms with Gasteiger partial charge < -0.3 is 14.8 Å². The quantitative estimate of drug-likeness (QED) is 0.778. The minimum absolute atomic E-state index is 0.578. The molecule has 4 nitrogen and oxygen atoms in total. The summed E-state index contributed by atoms with van der Waals surface area (Å²) in [6, 6.07) is 10.3. The molecule has 0 spiro atoms. The van der Waals surface area contributed by atoms with Crippen LogP contribution in [0, 0.1) is 0 Å². The lowest BCUT2D eigenvalue weighted by molar-refractivity contribution is 0.0725. The number of hydrogen-bond donors (Lipinski definition) is 2. The van der Waals surface area contributed by atoms with E-state index in [1.54, 1.807) is 12.5 Å². The Kier molecular flexibility index (Phi) is 3.34. The van der Waals surface area contributed by atoms with Gasteiger partial charge in [0.2, 0.25) is 0 Å². The standard InChI is InChI=1S/C19H20N2O2/c1-2-19(22,18-11-20-12-21-18)14-6-7-15-13(10-14)5-8-17-16(15)4-3-9-23-17/h5-8,10-12,22H,2-4,9H2,1H3,(H,20,21). The van der Waals surface area contributed by atoms with E-state index in [2.05, 4.69) is 28.2 Å². The number of nitrogens with zero attached hydrogens (tertiary/aromatic N) is 1. The summed E-state index contributed by atoms with van der Waals surface area (Å²) in [5.41, 5.74) is 1.84. The minimum atomic E-state index is -1.04. The fourth-order valence-corrected chi connectivity index (χ4v) is 3.49. The summed E-state index contributed by atoms with van der Waals surface area (Å²) in [4.78, 5) is 7.09. The van der Waals surface area contributed by atoms with E-state index in [0.717, 1.165) is 41.8 Å². The van der Waals surface area contributed by atoms with Crippen LogP contribution in [0.2, 0.25) is 0 Å². The van der Waals surface area contributed by atoms with Crippen molar-refractivity contribution in [1.29, 1.82) is 0 Å². The molecule has 2 aromatic carbocycles. The number of fused-ring (bicyclic) bond motifs is 3. The van der Waals surface area contributed by atoms with Gasteiger partial charge in [-0.1, -0.05) is 25.1 Å². The smallest absolute Gasteiger partial charge is 0.131 e. The van der Waals surface area contributed by atoms with Gasteiger partial charge in [0.25, 0.3) is 0 Å². The molecule has 2 heterocycles. The topological polar surface area (TPSA) is 58.1 Å². The molecule has 3 aromatic rings. The lowest BCUT2D eigenvalue weighted by atomic mass is 9.86. The number of aromatic amines is 1. The number of ether oxygens (including phenoxy) is 1. The van der Waals surface area contributed by atoms with Crippen molar-refractivity contribution in [2.24, 2.45) is 0 Å². The number of benzene rings is 2. The molecule has 2 N–H and O–H groups in total. The first-order valence-electron chi connectivity index (χ1n) is 8.12. The van der Waals surface area contributed by atoms with E-state index in [4.69, 9.17) is 4.74 Å². The van der Waals surface area contributed by atoms with E-state index in [1.807, 2.05) is 19.1 Å². The van der Waals surface area contributed by atoms with Crippen molar-refractivity contribution in [2.45, 2.75) is 31.8 Å². The van der Waals surface area contributed by atoms with Gasteiger partial charge in [0.05, 0.1) is 24.8 Å². The molecule has 0 saturated heterocycles. The minimum Gasteiger partial charge on any atom is -0.493 e. The first kappa shape index (κ1) is 14.3. The van der Waals surface area contributed by atoms with E-state index in [0.29, 0.717) is 6.42 Å². The summed E-state index contributed by atoms with van der Waals surface area (Å²) >= 11 is 0. The van der Waals surface area contributed by atoms with Crippen molar-refractivity contribution in [1.82, 2.24) is 9.97 Å². The zero-order valence-electron chi connectivity index (χ0n) is 13.2. The molecular formula is C19H20N2O2. The van der Waals surface area contributed by atoms with Crippen LogP contribution in [0.3, 0.4) is 0 Å². The molecule has 0 saturated carbocycles. The van der Waals surface area contributed by atoms with Crippen LogP contribution in [0.1, 0.15) is 36.6 Å². The highest BCUT2D eigenvalue weighted by atomic mass is 16.5. The monoisotopic (exact) mass is 308 g/mol. The highest BCUT2D eigenvalue weighted by molar-refractivity contribution is 5.88. The number of H-pyrrole nitrogens is 1. The summed E-state index contributed by atoms with van der Waals surface area (Å²) in [5.74, 6) is 0.996. The van der Waals surface area contributed by atoms with Crippen LogP contribution in [0.15, 0.2) is 42.9 Å². The maximum Gasteiger partial charge on any atom is 0.131 e. The molecule has 1 aliphatic heterocycles. The van der Waals surface area contributed by atoms with Gasteiger partial charge >= 0.3 is 0 Å². The molecule has 0 bridgehead atoms. The summed E-state index contributed by atoms with van der Waals surface area (Å²) in [6.45, 7) is 2.78. The maximum absolute atomic E-state index is 11.2. The number of aliphatic hydroxyl groups is 1. The molecule has 0 fully saturated rings. The van der Waals surface area contributed by atoms with E-state index in [1.165, 1.54) is 10.9 Å². The van der Waals surface area contributed by atoms with Gasteiger partial charge in [0.1, 0.15) is 11.4 Å². The molecular weight excluding hydrogens is 288 g/mol. The predicted molar refractivity (Wildman–Crippen MR) is 89.6 cm³/mol. The number of rotatable bonds is 3. The van der Waals surface area contributed by atoms with Crippen LogP contribution in [0.4, 0.5) is 0 Å². The Morgan fingerprint density at radius 2 is 2.22 bits per heavy atom. The lowest BCUT2D eigenvalue weighted by Gasteiger charge is -2.27. The number of hydrogen-bond acceptors (Lipinski definition) is 3. The van der Waals surface area contributed by atoms with Gasteiger partial charge in [-0.3, -0.25) is 0 Å². The van der Waals surface area contributed by atoms with Crippen LogP contribution in [-0.2, 0) is 12.0 Å². The Hall–Kier alpha value is -2.33. The van der Waals surface area contributed by atoms with E-state index < -0.39 is 5.60 Å². The van der Waals surface area contributed by atoms with Crippen LogP contribution in [-0.4, -0.2) is 21.7 Å². The SMILES string of the molecule is CCC(O)(c1ccc2c3c(ccc2c1)OCCC3)c1cnc[nH]1. The molecule has 23 heavy (non-hydrogen) atoms. The number of imidazole rings is 1. The first-order chi connectivity index (χ1) is 11.2. The average molecular weight is 308 g/mol. The molecule has 0 amide bonds. The number of nitrogens with one attached hydrogen (secondary N) is 1. The van der Waals surface area contributed by atoms with Crippen molar-refractivity contribution < 1.29 is 9.84 Å². The van der Waals surface area contributed by atoms with Gasteiger partial charge in [-0.25, -0.2) is 4.98 Å². The van der Waals surface area contributed by atoms with Crippen LogP contribution in [0.25, 0.3) is 10.8 Å². The highest BCUT2D eigenvalue weighted by Crippen LogP contribution is 2.37. The molecule has 1 atom stereocenters. The Bertz CT molecular complexity index is 842. The lowest BCUT2D eigenvalue weighted by Crippen LogP contribution is -2.26. The van der Waals surface area contributed by atoms with Crippen LogP contribution < -0.4 is 4.74 Å². The third-order valence-electron chi connectivity index (χ3n) is 4.85. The molecule has 1 aliphatic rings. The second kappa shape index (κ2) is 5.39. The average Bonchev–Trinajstić information content (AvgIpc) is 3.15. The Morgan fingerprint density at radius 3 is 3.00 bits per heavy atom. The van der Waals surface area contributed by atoms with Crippen molar-refractivity contribution in [3.8, 4) is 5.75 Å². The van der Waals surface area contributed by atoms with Gasteiger partial charge in [0, 0.05) is 5.56 Å². The molecule has 0 radical (unpaired) electrons. The second-order valence-electron chi connectivity index (χ2n) is 6.11. The molecule has 4 heteroatoms. The van der Waals surface area contributed by atoms with Crippen molar-refractivity contribution in [3.05, 3.63) is 59.7 Å². The predicted octanol–water partition coefficient (Wildman–Crippen LogP) is 3.53. The van der Waals surface area contributed by atoms with Gasteiger partial charge in [-0.05, 0) is 47.7 Å². The summed E-state index contributed by atoms with van der Waals surface area (Å²) in [7, 11) is 0. The molecule has 0 aliphatic carbocycles. The van der Waals surface area contributed by atoms with Crippen molar-refractivity contribution in [2.75, 3.05) is 6.61 Å². The van der Waals surface area contributed by atoms with Gasteiger partial charge in [0.15, 0.2) is 0 Å². The van der Waals surface area contributed by atoms with E-state index >= 15 is 0 Å². The van der Waals surface area contributed by atoms with Crippen molar-refractivity contribution in [3.63, 3.8) is 0 Å². The molecule has 118 valence electrons. The van der Waals surface area contributed by atoms with E-state index in [9.17, 15) is 5.11 Å². The molecule has 1 aromatic heterocycles. The first-order valence-corrected chi connectivity index (χ1v) is 8.12. The molecule has 4 rings (SSSR count). The Balaban J connectivity index is 1.86. The fraction of sp³-hybridized carbons (Fsp3) is 0.316. The van der Waals surface area contributed by atoms with Gasteiger partial charge in [-0.2, -0.15) is 0 Å². The largest absolute Gasteiger partial charge is 0.493 e. The number of aromatic nitrogens is 2. The maximum atomic E-state index is 11.2. The van der Waals surface area contributed by atoms with Gasteiger partial charge in [-0.15, -0.1) is 0 Å². The van der Waals surface area contributed by atoms with Crippen LogP contribution >= 0.6 is 0 Å². The Labute approximate surface area is 135 Å². The van der Waals surface area contributed by atoms with E-state index in [-0.39, 0.29) is 0 Å². The third kappa shape index (κ3) is 2.21. The fourth-order valence-electron chi connectivity index (χ4n) is 3.49. The highest BCUT2D eigenvalue weighted by Gasteiger charge is 2.31. The zero-order chi connectivity index (χ0) is 15.9. The Morgan fingerprint density at radius 1 is 1.30 bits per heavy atom. The normalized spacial score (nSPS) is 16.6. The molecule has 1 unspecified atom stereocenters.